The first-order chi connectivity index (χ1) is 9.77. The van der Waals surface area contributed by atoms with E-state index in [1.165, 1.54) is 0 Å². The maximum Gasteiger partial charge on any atom is 0.177 e. The molecule has 0 aliphatic heterocycles. The number of aromatic nitrogens is 3. The summed E-state index contributed by atoms with van der Waals surface area (Å²) in [6.45, 7) is 0. The van der Waals surface area contributed by atoms with E-state index in [2.05, 4.69) is 10.3 Å². The number of nitrogens with zero attached hydrogens (tertiary/aromatic N) is 3. The number of para-hydroxylation sites is 1. The largest absolute Gasteiger partial charge is 0.253 e. The Morgan fingerprint density at radius 1 is 0.950 bits per heavy atom. The van der Waals surface area contributed by atoms with Crippen molar-refractivity contribution in [3.05, 3.63) is 60.7 Å². The lowest BCUT2D eigenvalue weighted by molar-refractivity contribution is 0.683. The van der Waals surface area contributed by atoms with Gasteiger partial charge in [0.05, 0.1) is 16.5 Å². The van der Waals surface area contributed by atoms with Gasteiger partial charge in [0.15, 0.2) is 5.03 Å². The van der Waals surface area contributed by atoms with Gasteiger partial charge in [0, 0.05) is 11.8 Å². The van der Waals surface area contributed by atoms with E-state index in [-0.39, 0.29) is 0 Å². The van der Waals surface area contributed by atoms with E-state index in [0.717, 1.165) is 16.9 Å². The first-order valence-corrected chi connectivity index (χ1v) is 7.73. The van der Waals surface area contributed by atoms with Gasteiger partial charge in [-0.1, -0.05) is 53.7 Å². The number of hydrogen-bond acceptors (Lipinski definition) is 3. The van der Waals surface area contributed by atoms with Crippen molar-refractivity contribution in [1.82, 2.24) is 15.0 Å². The van der Waals surface area contributed by atoms with Crippen LogP contribution >= 0.6 is 0 Å². The number of rotatable bonds is 3. The average molecular weight is 283 g/mol. The van der Waals surface area contributed by atoms with Crippen LogP contribution in [0.3, 0.4) is 0 Å². The Bertz CT molecular complexity index is 738. The lowest BCUT2D eigenvalue weighted by Crippen LogP contribution is -2.00. The van der Waals surface area contributed by atoms with Crippen molar-refractivity contribution in [2.45, 2.75) is 5.03 Å². The molecule has 3 aromatic rings. The molecular formula is C15H13N3OS. The van der Waals surface area contributed by atoms with Crippen molar-refractivity contribution in [3.8, 4) is 16.9 Å². The first kappa shape index (κ1) is 12.7. The Balaban J connectivity index is 2.25. The Hall–Kier alpha value is -2.27. The summed E-state index contributed by atoms with van der Waals surface area (Å²) in [5.41, 5.74) is 2.62. The Kier molecular flexibility index (Phi) is 3.43. The summed E-state index contributed by atoms with van der Waals surface area (Å²) >= 11 is 0. The van der Waals surface area contributed by atoms with Gasteiger partial charge < -0.3 is 0 Å². The highest BCUT2D eigenvalue weighted by molar-refractivity contribution is 7.84. The predicted molar refractivity (Wildman–Crippen MR) is 79.1 cm³/mol. The van der Waals surface area contributed by atoms with E-state index in [4.69, 9.17) is 0 Å². The molecule has 0 aliphatic carbocycles. The molecule has 1 atom stereocenters. The lowest BCUT2D eigenvalue weighted by atomic mass is 10.1. The second-order valence-corrected chi connectivity index (χ2v) is 5.61. The van der Waals surface area contributed by atoms with Crippen LogP contribution in [0, 0.1) is 0 Å². The molecule has 1 unspecified atom stereocenters. The van der Waals surface area contributed by atoms with Gasteiger partial charge in [-0.05, 0) is 12.1 Å². The molecule has 0 amide bonds. The monoisotopic (exact) mass is 283 g/mol. The Morgan fingerprint density at radius 2 is 1.55 bits per heavy atom. The van der Waals surface area contributed by atoms with Crippen LogP contribution in [-0.4, -0.2) is 25.5 Å². The number of hydrogen-bond donors (Lipinski definition) is 0. The van der Waals surface area contributed by atoms with Crippen LogP contribution in [-0.2, 0) is 10.8 Å². The molecule has 0 aliphatic rings. The zero-order valence-electron chi connectivity index (χ0n) is 10.9. The third-order valence-corrected chi connectivity index (χ3v) is 3.78. The van der Waals surface area contributed by atoms with Crippen LogP contribution in [0.2, 0.25) is 0 Å². The molecule has 2 aromatic carbocycles. The molecule has 3 rings (SSSR count). The van der Waals surface area contributed by atoms with E-state index >= 15 is 0 Å². The molecule has 1 aromatic heterocycles. The van der Waals surface area contributed by atoms with Gasteiger partial charge in [0.2, 0.25) is 0 Å². The normalized spacial score (nSPS) is 12.2. The molecule has 0 bridgehead atoms. The van der Waals surface area contributed by atoms with E-state index in [1.807, 2.05) is 60.7 Å². The van der Waals surface area contributed by atoms with Crippen LogP contribution < -0.4 is 0 Å². The summed E-state index contributed by atoms with van der Waals surface area (Å²) in [5, 5.41) is 8.74. The highest BCUT2D eigenvalue weighted by atomic mass is 32.2. The van der Waals surface area contributed by atoms with Crippen LogP contribution in [0.15, 0.2) is 65.7 Å². The summed E-state index contributed by atoms with van der Waals surface area (Å²) in [5.74, 6) is 0. The minimum absolute atomic E-state index is 0.500. The maximum atomic E-state index is 11.9. The molecule has 4 nitrogen and oxygen atoms in total. The fourth-order valence-electron chi connectivity index (χ4n) is 2.05. The minimum atomic E-state index is -1.19. The van der Waals surface area contributed by atoms with Gasteiger partial charge in [-0.15, -0.1) is 5.10 Å². The molecule has 100 valence electrons. The predicted octanol–water partition coefficient (Wildman–Crippen LogP) is 2.67. The molecule has 0 saturated heterocycles. The summed E-state index contributed by atoms with van der Waals surface area (Å²) in [6, 6.07) is 19.5. The molecule has 0 fully saturated rings. The van der Waals surface area contributed by atoms with E-state index < -0.39 is 10.8 Å². The van der Waals surface area contributed by atoms with Crippen molar-refractivity contribution < 1.29 is 4.21 Å². The van der Waals surface area contributed by atoms with E-state index in [1.54, 1.807) is 10.9 Å². The topological polar surface area (TPSA) is 47.8 Å². The van der Waals surface area contributed by atoms with Crippen LogP contribution in [0.1, 0.15) is 0 Å². The van der Waals surface area contributed by atoms with Gasteiger partial charge in [-0.25, -0.2) is 4.68 Å². The Morgan fingerprint density at radius 3 is 2.15 bits per heavy atom. The summed E-state index contributed by atoms with van der Waals surface area (Å²) < 4.78 is 13.6. The molecular weight excluding hydrogens is 270 g/mol. The Labute approximate surface area is 119 Å². The minimum Gasteiger partial charge on any atom is -0.253 e. The zero-order valence-corrected chi connectivity index (χ0v) is 11.7. The highest BCUT2D eigenvalue weighted by Crippen LogP contribution is 2.26. The maximum absolute atomic E-state index is 11.9. The van der Waals surface area contributed by atoms with Crippen molar-refractivity contribution in [2.75, 3.05) is 6.26 Å². The summed E-state index contributed by atoms with van der Waals surface area (Å²) in [6.07, 6.45) is 1.62. The van der Waals surface area contributed by atoms with Gasteiger partial charge in [0.1, 0.15) is 5.69 Å². The van der Waals surface area contributed by atoms with Crippen LogP contribution in [0.25, 0.3) is 16.9 Å². The summed E-state index contributed by atoms with van der Waals surface area (Å²) in [4.78, 5) is 0. The van der Waals surface area contributed by atoms with E-state index in [0.29, 0.717) is 5.03 Å². The third kappa shape index (κ3) is 2.28. The zero-order chi connectivity index (χ0) is 13.9. The molecule has 0 spiro atoms. The number of benzene rings is 2. The molecule has 1 heterocycles. The molecule has 20 heavy (non-hydrogen) atoms. The van der Waals surface area contributed by atoms with Gasteiger partial charge in [-0.2, -0.15) is 0 Å². The molecule has 0 radical (unpaired) electrons. The third-order valence-electron chi connectivity index (χ3n) is 2.96. The fraction of sp³-hybridized carbons (Fsp3) is 0.0667. The van der Waals surface area contributed by atoms with Gasteiger partial charge >= 0.3 is 0 Å². The van der Waals surface area contributed by atoms with Crippen molar-refractivity contribution >= 4 is 10.8 Å². The molecule has 5 heteroatoms. The van der Waals surface area contributed by atoms with Crippen molar-refractivity contribution in [2.24, 2.45) is 0 Å². The quantitative estimate of drug-likeness (QED) is 0.742. The second kappa shape index (κ2) is 5.38. The standard InChI is InChI=1S/C15H13N3OS/c1-20(19)15-14(12-8-4-2-5-9-12)18(17-16-15)13-10-6-3-7-11-13/h2-11H,1H3. The smallest absolute Gasteiger partial charge is 0.177 e. The lowest BCUT2D eigenvalue weighted by Gasteiger charge is -2.07. The van der Waals surface area contributed by atoms with Crippen LogP contribution in [0.4, 0.5) is 0 Å². The molecule has 0 saturated carbocycles. The van der Waals surface area contributed by atoms with Crippen molar-refractivity contribution in [3.63, 3.8) is 0 Å². The fourth-order valence-corrected chi connectivity index (χ4v) is 2.68. The SMILES string of the molecule is CS(=O)c1nnn(-c2ccccc2)c1-c1ccccc1. The second-order valence-electron chi connectivity index (χ2n) is 4.31. The average Bonchev–Trinajstić information content (AvgIpc) is 2.94. The van der Waals surface area contributed by atoms with E-state index in [9.17, 15) is 4.21 Å². The van der Waals surface area contributed by atoms with Crippen molar-refractivity contribution in [1.29, 1.82) is 0 Å². The van der Waals surface area contributed by atoms with Gasteiger partial charge in [0.25, 0.3) is 0 Å². The molecule has 0 N–H and O–H groups in total. The van der Waals surface area contributed by atoms with Crippen LogP contribution in [0.5, 0.6) is 0 Å². The first-order valence-electron chi connectivity index (χ1n) is 6.17. The summed E-state index contributed by atoms with van der Waals surface area (Å²) in [7, 11) is -1.19. The van der Waals surface area contributed by atoms with Gasteiger partial charge in [-0.3, -0.25) is 4.21 Å². The highest BCUT2D eigenvalue weighted by Gasteiger charge is 2.18.